The fraction of sp³-hybridized carbons (Fsp3) is 0.700. The van der Waals surface area contributed by atoms with Crippen molar-refractivity contribution in [3.63, 3.8) is 0 Å². The van der Waals surface area contributed by atoms with Crippen LogP contribution in [0.1, 0.15) is 32.6 Å². The van der Waals surface area contributed by atoms with Crippen LogP contribution in [0.25, 0.3) is 0 Å². The number of aromatic nitrogens is 2. The number of nitrogens with zero attached hydrogens (tertiary/aromatic N) is 5. The molecule has 3 fully saturated rings. The molecule has 3 heterocycles. The van der Waals surface area contributed by atoms with Crippen LogP contribution in [0.4, 0.5) is 5.95 Å². The lowest BCUT2D eigenvalue weighted by Crippen LogP contribution is -2.50. The number of amides is 2. The van der Waals surface area contributed by atoms with Crippen LogP contribution in [0.15, 0.2) is 18.5 Å². The van der Waals surface area contributed by atoms with E-state index in [0.717, 1.165) is 64.4 Å². The first-order valence-corrected chi connectivity index (χ1v) is 10.2. The lowest BCUT2D eigenvalue weighted by atomic mass is 9.85. The van der Waals surface area contributed by atoms with Gasteiger partial charge in [0, 0.05) is 57.0 Å². The topological polar surface area (TPSA) is 69.6 Å². The number of hydrogen-bond donors (Lipinski definition) is 0. The maximum Gasteiger partial charge on any atom is 0.232 e. The number of likely N-dealkylation sites (tertiary alicyclic amines) is 1. The molecule has 2 bridgehead atoms. The molecule has 0 spiro atoms. The summed E-state index contributed by atoms with van der Waals surface area (Å²) < 4.78 is 0. The van der Waals surface area contributed by atoms with E-state index < -0.39 is 0 Å². The van der Waals surface area contributed by atoms with E-state index in [4.69, 9.17) is 0 Å². The van der Waals surface area contributed by atoms with Crippen molar-refractivity contribution in [1.82, 2.24) is 19.8 Å². The molecule has 3 aliphatic rings. The second kappa shape index (κ2) is 7.92. The highest BCUT2D eigenvalue weighted by atomic mass is 16.2. The van der Waals surface area contributed by atoms with Gasteiger partial charge in [0.25, 0.3) is 0 Å². The highest BCUT2D eigenvalue weighted by Crippen LogP contribution is 2.43. The molecule has 1 saturated carbocycles. The average Bonchev–Trinajstić information content (AvgIpc) is 3.03. The van der Waals surface area contributed by atoms with Crippen LogP contribution in [0.5, 0.6) is 0 Å². The Balaban J connectivity index is 1.18. The lowest BCUT2D eigenvalue weighted by molar-refractivity contribution is -0.155. The molecular weight excluding hydrogens is 342 g/mol. The number of imide groups is 1. The molecule has 2 atom stereocenters. The highest BCUT2D eigenvalue weighted by Gasteiger charge is 2.49. The van der Waals surface area contributed by atoms with E-state index in [1.807, 2.05) is 6.07 Å². The van der Waals surface area contributed by atoms with E-state index >= 15 is 0 Å². The third-order valence-electron chi connectivity index (χ3n) is 6.54. The van der Waals surface area contributed by atoms with E-state index in [0.29, 0.717) is 6.54 Å². The molecule has 0 N–H and O–H groups in total. The van der Waals surface area contributed by atoms with Crippen molar-refractivity contribution in [3.05, 3.63) is 18.5 Å². The normalized spacial score (nSPS) is 28.9. The van der Waals surface area contributed by atoms with Crippen LogP contribution in [0.2, 0.25) is 0 Å². The molecular formula is C20H29N5O2. The molecule has 7 nitrogen and oxygen atoms in total. The lowest BCUT2D eigenvalue weighted by Gasteiger charge is -2.35. The number of piperidine rings is 1. The first-order chi connectivity index (χ1) is 13.1. The van der Waals surface area contributed by atoms with Crippen LogP contribution >= 0.6 is 0 Å². The molecule has 2 saturated heterocycles. The Kier molecular flexibility index (Phi) is 5.38. The second-order valence-corrected chi connectivity index (χ2v) is 8.06. The molecule has 1 aromatic rings. The molecule has 2 unspecified atom stereocenters. The summed E-state index contributed by atoms with van der Waals surface area (Å²) in [5.74, 6) is 1.38. The molecule has 2 amide bonds. The quantitative estimate of drug-likeness (QED) is 0.556. The van der Waals surface area contributed by atoms with Gasteiger partial charge in [-0.15, -0.1) is 0 Å². The minimum atomic E-state index is 0.0812. The summed E-state index contributed by atoms with van der Waals surface area (Å²) in [5, 5.41) is 0. The average molecular weight is 371 g/mol. The largest absolute Gasteiger partial charge is 0.338 e. The number of carbonyl (C=O) groups excluding carboxylic acids is 2. The predicted molar refractivity (Wildman–Crippen MR) is 102 cm³/mol. The molecule has 0 aromatic carbocycles. The summed E-state index contributed by atoms with van der Waals surface area (Å²) in [6, 6.07) is 1.84. The Hall–Kier alpha value is -2.02. The molecule has 0 radical (unpaired) electrons. The van der Waals surface area contributed by atoms with Crippen LogP contribution in [0.3, 0.4) is 0 Å². The van der Waals surface area contributed by atoms with Gasteiger partial charge in [0.2, 0.25) is 17.8 Å². The first-order valence-electron chi connectivity index (χ1n) is 10.2. The van der Waals surface area contributed by atoms with Crippen LogP contribution in [-0.2, 0) is 9.59 Å². The highest BCUT2D eigenvalue weighted by molar-refractivity contribution is 6.01. The van der Waals surface area contributed by atoms with Crippen molar-refractivity contribution in [2.75, 3.05) is 44.2 Å². The van der Waals surface area contributed by atoms with E-state index in [2.05, 4.69) is 26.7 Å². The van der Waals surface area contributed by atoms with Gasteiger partial charge >= 0.3 is 0 Å². The summed E-state index contributed by atoms with van der Waals surface area (Å²) in [6.07, 6.45) is 7.26. The summed E-state index contributed by atoms with van der Waals surface area (Å²) in [6.45, 7) is 7.56. The molecule has 27 heavy (non-hydrogen) atoms. The van der Waals surface area contributed by atoms with E-state index in [-0.39, 0.29) is 29.6 Å². The zero-order valence-corrected chi connectivity index (χ0v) is 16.1. The maximum atomic E-state index is 12.5. The van der Waals surface area contributed by atoms with Gasteiger partial charge in [0.1, 0.15) is 0 Å². The van der Waals surface area contributed by atoms with Gasteiger partial charge in [-0.25, -0.2) is 9.97 Å². The van der Waals surface area contributed by atoms with E-state index in [9.17, 15) is 9.59 Å². The zero-order valence-electron chi connectivity index (χ0n) is 16.1. The number of piperazine rings is 1. The number of anilines is 1. The molecule has 4 rings (SSSR count). The summed E-state index contributed by atoms with van der Waals surface area (Å²) in [4.78, 5) is 40.0. The van der Waals surface area contributed by atoms with Crippen molar-refractivity contribution in [3.8, 4) is 0 Å². The number of unbranched alkanes of at least 4 members (excludes halogenated alkanes) is 1. The molecule has 2 aliphatic heterocycles. The molecule has 1 aliphatic carbocycles. The Morgan fingerprint density at radius 2 is 1.52 bits per heavy atom. The number of hydrogen-bond acceptors (Lipinski definition) is 6. The van der Waals surface area contributed by atoms with Crippen LogP contribution in [0, 0.1) is 17.8 Å². The van der Waals surface area contributed by atoms with Gasteiger partial charge in [0.05, 0.1) is 0 Å². The number of carbonyl (C=O) groups is 2. The molecule has 7 heteroatoms. The summed E-state index contributed by atoms with van der Waals surface area (Å²) >= 11 is 0. The second-order valence-electron chi connectivity index (χ2n) is 8.06. The summed E-state index contributed by atoms with van der Waals surface area (Å²) in [5.41, 5.74) is 0. The summed E-state index contributed by atoms with van der Waals surface area (Å²) in [7, 11) is 0. The Morgan fingerprint density at radius 3 is 2.15 bits per heavy atom. The van der Waals surface area contributed by atoms with Gasteiger partial charge in [-0.05, 0) is 44.2 Å². The third kappa shape index (κ3) is 3.70. The van der Waals surface area contributed by atoms with Crippen molar-refractivity contribution in [1.29, 1.82) is 0 Å². The first kappa shape index (κ1) is 18.3. The van der Waals surface area contributed by atoms with Crippen LogP contribution in [-0.4, -0.2) is 70.9 Å². The Morgan fingerprint density at radius 1 is 0.926 bits per heavy atom. The smallest absolute Gasteiger partial charge is 0.232 e. The fourth-order valence-electron chi connectivity index (χ4n) is 4.82. The zero-order chi connectivity index (χ0) is 18.8. The van der Waals surface area contributed by atoms with Gasteiger partial charge < -0.3 is 4.90 Å². The fourth-order valence-corrected chi connectivity index (χ4v) is 4.82. The monoisotopic (exact) mass is 371 g/mol. The van der Waals surface area contributed by atoms with Gasteiger partial charge in [0.15, 0.2) is 0 Å². The standard InChI is InChI=1S/C20H29N5O2/c1-15-16-5-6-17(15)19(27)25(18(16)26)10-3-2-9-23-11-13-24(14-12-23)20-21-7-4-8-22-20/h4,7-8,15-17H,2-3,5-6,9-14H2,1H3. The van der Waals surface area contributed by atoms with E-state index in [1.54, 1.807) is 17.3 Å². The van der Waals surface area contributed by atoms with Crippen molar-refractivity contribution >= 4 is 17.8 Å². The third-order valence-corrected chi connectivity index (χ3v) is 6.54. The van der Waals surface area contributed by atoms with Crippen molar-refractivity contribution < 1.29 is 9.59 Å². The van der Waals surface area contributed by atoms with Crippen molar-refractivity contribution in [2.45, 2.75) is 32.6 Å². The molecule has 146 valence electrons. The predicted octanol–water partition coefficient (Wildman–Crippen LogP) is 1.41. The Bertz CT molecular complexity index is 650. The van der Waals surface area contributed by atoms with E-state index in [1.165, 1.54) is 0 Å². The number of rotatable bonds is 6. The van der Waals surface area contributed by atoms with Crippen LogP contribution < -0.4 is 4.90 Å². The van der Waals surface area contributed by atoms with Gasteiger partial charge in [-0.2, -0.15) is 0 Å². The van der Waals surface area contributed by atoms with Gasteiger partial charge in [-0.1, -0.05) is 6.92 Å². The SMILES string of the molecule is CC1C2CCC1C(=O)N(CCCCN1CCN(c3ncccn3)CC1)C2=O. The minimum absolute atomic E-state index is 0.0812. The van der Waals surface area contributed by atoms with Gasteiger partial charge in [-0.3, -0.25) is 19.4 Å². The Labute approximate surface area is 160 Å². The van der Waals surface area contributed by atoms with Crippen molar-refractivity contribution in [2.24, 2.45) is 17.8 Å². The number of fused-ring (bicyclic) bond motifs is 2. The molecule has 1 aromatic heterocycles. The maximum absolute atomic E-state index is 12.5. The minimum Gasteiger partial charge on any atom is -0.338 e.